The summed E-state index contributed by atoms with van der Waals surface area (Å²) in [6, 6.07) is 1.17. The highest BCUT2D eigenvalue weighted by atomic mass is 35.5. The van der Waals surface area contributed by atoms with E-state index in [-0.39, 0.29) is 0 Å². The number of hydrogen-bond acceptors (Lipinski definition) is 2. The average Bonchev–Trinajstić information content (AvgIpc) is 2.18. The summed E-state index contributed by atoms with van der Waals surface area (Å²) in [4.78, 5) is 0. The molecule has 0 aromatic rings. The molecule has 0 aromatic carbocycles. The predicted octanol–water partition coefficient (Wildman–Crippen LogP) is 2.55. The number of rotatable bonds is 5. The molecule has 2 nitrogen and oxygen atoms in total. The van der Waals surface area contributed by atoms with Gasteiger partial charge in [0, 0.05) is 25.1 Å². The lowest BCUT2D eigenvalue weighted by Crippen LogP contribution is -2.41. The van der Waals surface area contributed by atoms with Gasteiger partial charge in [0.2, 0.25) is 0 Å². The van der Waals surface area contributed by atoms with Gasteiger partial charge in [0.1, 0.15) is 0 Å². The third-order valence-electron chi connectivity index (χ3n) is 3.02. The highest BCUT2D eigenvalue weighted by molar-refractivity contribution is 6.17. The van der Waals surface area contributed by atoms with Crippen LogP contribution in [0.15, 0.2) is 0 Å². The van der Waals surface area contributed by atoms with Crippen molar-refractivity contribution in [2.45, 2.75) is 57.2 Å². The van der Waals surface area contributed by atoms with Crippen molar-refractivity contribution in [3.05, 3.63) is 0 Å². The number of alkyl halides is 1. The number of methoxy groups -OCH3 is 1. The summed E-state index contributed by atoms with van der Waals surface area (Å²) in [5, 5.41) is 3.62. The van der Waals surface area contributed by atoms with Crippen LogP contribution in [0.4, 0.5) is 0 Å². The summed E-state index contributed by atoms with van der Waals surface area (Å²) in [6.07, 6.45) is 6.46. The minimum absolute atomic E-state index is 0.462. The molecule has 14 heavy (non-hydrogen) atoms. The van der Waals surface area contributed by atoms with Crippen molar-refractivity contribution in [1.29, 1.82) is 0 Å². The second-order valence-corrected chi connectivity index (χ2v) is 4.64. The lowest BCUT2D eigenvalue weighted by atomic mass is 9.92. The molecule has 1 N–H and O–H groups in total. The fourth-order valence-corrected chi connectivity index (χ4v) is 2.49. The smallest absolute Gasteiger partial charge is 0.0586 e. The van der Waals surface area contributed by atoms with Crippen LogP contribution in [0.5, 0.6) is 0 Å². The molecule has 0 bridgehead atoms. The van der Waals surface area contributed by atoms with Gasteiger partial charge in [-0.2, -0.15) is 0 Å². The van der Waals surface area contributed by atoms with Crippen molar-refractivity contribution in [2.75, 3.05) is 13.0 Å². The lowest BCUT2D eigenvalue weighted by Gasteiger charge is -2.31. The molecule has 3 unspecified atom stereocenters. The van der Waals surface area contributed by atoms with Crippen molar-refractivity contribution in [3.63, 3.8) is 0 Å². The summed E-state index contributed by atoms with van der Waals surface area (Å²) < 4.78 is 5.40. The third-order valence-corrected chi connectivity index (χ3v) is 3.24. The zero-order valence-corrected chi connectivity index (χ0v) is 10.0. The van der Waals surface area contributed by atoms with Gasteiger partial charge in [-0.25, -0.2) is 0 Å². The van der Waals surface area contributed by atoms with Gasteiger partial charge in [-0.3, -0.25) is 0 Å². The normalized spacial score (nSPS) is 30.2. The van der Waals surface area contributed by atoms with E-state index in [9.17, 15) is 0 Å². The largest absolute Gasteiger partial charge is 0.381 e. The Bertz CT molecular complexity index is 154. The summed E-state index contributed by atoms with van der Waals surface area (Å²) in [6.45, 7) is 2.21. The van der Waals surface area contributed by atoms with Gasteiger partial charge in [0.05, 0.1) is 6.10 Å². The van der Waals surface area contributed by atoms with Gasteiger partial charge in [0.15, 0.2) is 0 Å². The number of halogens is 1. The van der Waals surface area contributed by atoms with Crippen molar-refractivity contribution >= 4 is 11.6 Å². The van der Waals surface area contributed by atoms with E-state index in [0.29, 0.717) is 18.2 Å². The van der Waals surface area contributed by atoms with Crippen LogP contribution in [0.25, 0.3) is 0 Å². The van der Waals surface area contributed by atoms with Crippen LogP contribution in [0.3, 0.4) is 0 Å². The molecular formula is C11H22ClNO. The molecule has 1 aliphatic rings. The molecule has 3 atom stereocenters. The number of hydrogen-bond donors (Lipinski definition) is 1. The van der Waals surface area contributed by atoms with Gasteiger partial charge in [-0.1, -0.05) is 0 Å². The Hall–Kier alpha value is 0.210. The van der Waals surface area contributed by atoms with Gasteiger partial charge < -0.3 is 10.1 Å². The molecule has 1 aliphatic carbocycles. The Morgan fingerprint density at radius 2 is 2.29 bits per heavy atom. The number of nitrogens with one attached hydrogen (secondary N) is 1. The van der Waals surface area contributed by atoms with Crippen molar-refractivity contribution in [3.8, 4) is 0 Å². The monoisotopic (exact) mass is 219 g/mol. The van der Waals surface area contributed by atoms with Crippen LogP contribution in [0.1, 0.15) is 39.0 Å². The SMILES string of the molecule is COC1CCCC(NC(C)CCCl)C1. The summed E-state index contributed by atoms with van der Waals surface area (Å²) in [5.41, 5.74) is 0. The third kappa shape index (κ3) is 4.16. The fourth-order valence-electron chi connectivity index (χ4n) is 2.16. The summed E-state index contributed by atoms with van der Waals surface area (Å²) >= 11 is 5.71. The molecule has 1 fully saturated rings. The minimum Gasteiger partial charge on any atom is -0.381 e. The zero-order valence-electron chi connectivity index (χ0n) is 9.26. The van der Waals surface area contributed by atoms with E-state index in [1.807, 2.05) is 7.11 Å². The second-order valence-electron chi connectivity index (χ2n) is 4.27. The summed E-state index contributed by atoms with van der Waals surface area (Å²) in [7, 11) is 1.81. The number of ether oxygens (including phenoxy) is 1. The highest BCUT2D eigenvalue weighted by Crippen LogP contribution is 2.21. The molecule has 0 amide bonds. The molecule has 0 radical (unpaired) electrons. The quantitative estimate of drug-likeness (QED) is 0.718. The average molecular weight is 220 g/mol. The van der Waals surface area contributed by atoms with Crippen LogP contribution < -0.4 is 5.32 Å². The fraction of sp³-hybridized carbons (Fsp3) is 1.00. The van der Waals surface area contributed by atoms with E-state index in [2.05, 4.69) is 12.2 Å². The first-order valence-electron chi connectivity index (χ1n) is 5.61. The van der Waals surface area contributed by atoms with E-state index < -0.39 is 0 Å². The maximum Gasteiger partial charge on any atom is 0.0586 e. The first-order chi connectivity index (χ1) is 6.76. The molecule has 3 heteroatoms. The molecule has 0 spiro atoms. The van der Waals surface area contributed by atoms with Gasteiger partial charge in [-0.15, -0.1) is 11.6 Å². The second kappa shape index (κ2) is 6.65. The molecule has 0 aromatic heterocycles. The molecule has 1 saturated carbocycles. The topological polar surface area (TPSA) is 21.3 Å². The van der Waals surface area contributed by atoms with Gasteiger partial charge >= 0.3 is 0 Å². The van der Waals surface area contributed by atoms with Crippen LogP contribution in [0, 0.1) is 0 Å². The zero-order chi connectivity index (χ0) is 10.4. The van der Waals surface area contributed by atoms with E-state index in [1.165, 1.54) is 19.3 Å². The molecule has 0 heterocycles. The standard InChI is InChI=1S/C11H22ClNO/c1-9(6-7-12)13-10-4-3-5-11(8-10)14-2/h9-11,13H,3-8H2,1-2H3. The first kappa shape index (κ1) is 12.3. The van der Waals surface area contributed by atoms with E-state index in [1.54, 1.807) is 0 Å². The maximum absolute atomic E-state index is 5.71. The Balaban J connectivity index is 2.22. The van der Waals surface area contributed by atoms with Crippen LogP contribution in [-0.2, 0) is 4.74 Å². The molecule has 1 rings (SSSR count). The van der Waals surface area contributed by atoms with Crippen LogP contribution >= 0.6 is 11.6 Å². The van der Waals surface area contributed by atoms with Gasteiger partial charge in [0.25, 0.3) is 0 Å². The lowest BCUT2D eigenvalue weighted by molar-refractivity contribution is 0.0572. The summed E-state index contributed by atoms with van der Waals surface area (Å²) in [5.74, 6) is 0.745. The first-order valence-corrected chi connectivity index (χ1v) is 6.14. The molecular weight excluding hydrogens is 198 g/mol. The molecule has 0 aliphatic heterocycles. The van der Waals surface area contributed by atoms with E-state index in [4.69, 9.17) is 16.3 Å². The molecule has 84 valence electrons. The van der Waals surface area contributed by atoms with Crippen LogP contribution in [-0.4, -0.2) is 31.2 Å². The van der Waals surface area contributed by atoms with Crippen LogP contribution in [0.2, 0.25) is 0 Å². The maximum atomic E-state index is 5.71. The highest BCUT2D eigenvalue weighted by Gasteiger charge is 2.22. The minimum atomic E-state index is 0.462. The Labute approximate surface area is 92.3 Å². The Kier molecular flexibility index (Phi) is 5.83. The van der Waals surface area contributed by atoms with Gasteiger partial charge in [-0.05, 0) is 39.0 Å². The van der Waals surface area contributed by atoms with Crippen molar-refractivity contribution in [2.24, 2.45) is 0 Å². The van der Waals surface area contributed by atoms with Crippen molar-refractivity contribution < 1.29 is 4.74 Å². The van der Waals surface area contributed by atoms with E-state index in [0.717, 1.165) is 18.7 Å². The molecule has 0 saturated heterocycles. The predicted molar refractivity (Wildman–Crippen MR) is 61.0 cm³/mol. The Morgan fingerprint density at radius 3 is 2.93 bits per heavy atom. The van der Waals surface area contributed by atoms with E-state index >= 15 is 0 Å². The van der Waals surface area contributed by atoms with Crippen molar-refractivity contribution in [1.82, 2.24) is 5.32 Å². The Morgan fingerprint density at radius 1 is 1.50 bits per heavy atom.